The second-order valence-corrected chi connectivity index (χ2v) is 34.1. The monoisotopic (exact) mass is 1780 g/mol. The Kier molecular flexibility index (Phi) is 25.9. The Labute approximate surface area is 724 Å². The van der Waals surface area contributed by atoms with Gasteiger partial charge in [-0.25, -0.2) is 24.9 Å². The van der Waals surface area contributed by atoms with Crippen LogP contribution in [0.5, 0.6) is 0 Å². The molecule has 5 fully saturated rings. The first-order valence-electron chi connectivity index (χ1n) is 40.4. The van der Waals surface area contributed by atoms with Gasteiger partial charge in [0, 0.05) is 153 Å². The first-order valence-corrected chi connectivity index (χ1v) is 42.7. The van der Waals surface area contributed by atoms with Crippen molar-refractivity contribution in [3.63, 3.8) is 0 Å². The number of hydrogen-bond acceptors (Lipinski definition) is 19. The number of carbonyl (C=O) groups excluding carboxylic acids is 1. The van der Waals surface area contributed by atoms with Crippen molar-refractivity contribution in [3.05, 3.63) is 203 Å². The van der Waals surface area contributed by atoms with Crippen LogP contribution < -0.4 is 37.5 Å². The summed E-state index contributed by atoms with van der Waals surface area (Å²) >= 11 is 36.8. The number of benzene rings is 7. The molecule has 0 radical (unpaired) electrons. The molecule has 122 heavy (non-hydrogen) atoms. The van der Waals surface area contributed by atoms with Crippen molar-refractivity contribution in [3.8, 4) is 0 Å². The van der Waals surface area contributed by atoms with E-state index < -0.39 is 47.4 Å². The Balaban J connectivity index is 0.000000113. The van der Waals surface area contributed by atoms with Gasteiger partial charge in [0.1, 0.15) is 33.9 Å². The third-order valence-corrected chi connectivity index (χ3v) is 25.0. The number of nitro benzene ring substituents is 1. The summed E-state index contributed by atoms with van der Waals surface area (Å²) in [4.78, 5) is 61.3. The van der Waals surface area contributed by atoms with Crippen molar-refractivity contribution < 1.29 is 48.4 Å². The van der Waals surface area contributed by atoms with Gasteiger partial charge < -0.3 is 85.7 Å². The lowest BCUT2D eigenvalue weighted by Crippen LogP contribution is -2.38. The highest BCUT2D eigenvalue weighted by molar-refractivity contribution is 6.34. The van der Waals surface area contributed by atoms with Crippen LogP contribution in [0.1, 0.15) is 101 Å². The number of anilines is 1. The van der Waals surface area contributed by atoms with Crippen LogP contribution >= 0.6 is 69.6 Å². The van der Waals surface area contributed by atoms with Crippen LogP contribution in [-0.4, -0.2) is 184 Å². The number of non-ortho nitro benzene ring substituents is 1. The fourth-order valence-corrected chi connectivity index (χ4v) is 18.8. The van der Waals surface area contributed by atoms with E-state index in [1.807, 2.05) is 101 Å². The van der Waals surface area contributed by atoms with Crippen LogP contribution in [0.3, 0.4) is 0 Å². The van der Waals surface area contributed by atoms with E-state index in [9.17, 15) is 58.4 Å². The van der Waals surface area contributed by atoms with E-state index in [0.29, 0.717) is 109 Å². The molecule has 15 aromatic rings. The van der Waals surface area contributed by atoms with Crippen molar-refractivity contribution in [2.45, 2.75) is 144 Å². The molecule has 0 aliphatic carbocycles. The molecule has 1 amide bonds. The molecule has 8 aromatic heterocycles. The quantitative estimate of drug-likeness (QED) is 0.0521. The van der Waals surface area contributed by atoms with E-state index >= 15 is 0 Å². The molecule has 7 aromatic carbocycles. The summed E-state index contributed by atoms with van der Waals surface area (Å²) in [6, 6.07) is 37.6. The van der Waals surface area contributed by atoms with E-state index in [1.54, 1.807) is 42.7 Å². The van der Waals surface area contributed by atoms with Gasteiger partial charge in [0.25, 0.3) is 11.2 Å². The number of H-pyrrole nitrogens is 2. The Morgan fingerprint density at radius 1 is 0.492 bits per heavy atom. The number of nitrogens with one attached hydrogen (secondary N) is 8. The summed E-state index contributed by atoms with van der Waals surface area (Å²) in [5.74, 6) is -0.498. The molecular weight excluding hydrogens is 1700 g/mol. The Morgan fingerprint density at radius 2 is 0.959 bits per heavy atom. The lowest BCUT2D eigenvalue weighted by molar-refractivity contribution is -0.384. The summed E-state index contributed by atoms with van der Waals surface area (Å²) in [6.45, 7) is 7.01. The molecule has 4 unspecified atom stereocenters. The number of β-amino-alcohol motifs (C(OH)–C–C–N with tert-alkyl or cyclic N) is 5. The number of alkyl halides is 3. The summed E-state index contributed by atoms with van der Waals surface area (Å²) in [7, 11) is 0. The van der Waals surface area contributed by atoms with Crippen molar-refractivity contribution in [2.24, 2.45) is 0 Å². The molecule has 0 saturated carbocycles. The van der Waals surface area contributed by atoms with Crippen molar-refractivity contribution >= 4 is 196 Å². The minimum atomic E-state index is -4.64. The van der Waals surface area contributed by atoms with E-state index in [0.717, 1.165) is 141 Å². The standard InChI is InChI=1S/C18H16Cl2N2O2.C18H18ClF3N4O.C18H18ClN3O3.C16H18ClN5O.C16H17ClN4O2/c19-10-1-3-14-12(7-10)13-8-11(20)2-4-15(13)22(14)16-5-6-18(24)21-9-17(16)23;1-9-2-4-13(15(27)8-23-9)26-12-5-3-10(19)6-11(12)16-14(26)7-24-17(25-16)18(20,21)22;19-11-3-5-15-13(8-11)14-9-12(22(24)25)4-6-16(14)21(15)17-2-1-7-20-10-18(17)23;17-9-3-4-11-10(6-9)14-15(21-11)16(20-8-19-14)22-12-2-1-5-18-7-13(12)23;17-9-3-4-11-10(6-9)14-15(16(23)20-8-19-14)21(11)12-2-1-5-18-7-13(12)22/h1-4,7-8,16-17,23H,5-6,9H2,(H,21,24);3,5-7,9,13,15,23,27H,2,4,8H2,1H3;3-6,8-9,17-18,20,23H,1-2,7,10H2;3-4,6,8,12-13,18,21,23H,1-2,5,7H2,(H,19,20,22);3-4,6,8,12-13,18,22H,1-2,5,7H2,(H,19,20,23)/t16-,17-;9?,13?,15-;17?,18-;12?,13-;12-,13-/m11111/s1. The highest BCUT2D eigenvalue weighted by Gasteiger charge is 2.38. The number of halogens is 9. The first-order chi connectivity index (χ1) is 58.7. The van der Waals surface area contributed by atoms with Crippen LogP contribution in [-0.2, 0) is 11.0 Å². The highest BCUT2D eigenvalue weighted by atomic mass is 35.5. The number of fused-ring (bicyclic) bond motifs is 15. The minimum Gasteiger partial charge on any atom is -0.390 e. The third kappa shape index (κ3) is 17.8. The van der Waals surface area contributed by atoms with Crippen molar-refractivity contribution in [1.82, 2.24) is 79.7 Å². The molecule has 36 heteroatoms. The smallest absolute Gasteiger partial charge is 0.390 e. The number of amides is 1. The van der Waals surface area contributed by atoms with E-state index in [4.69, 9.17) is 69.6 Å². The summed E-state index contributed by atoms with van der Waals surface area (Å²) in [6.07, 6.45) is 4.56. The van der Waals surface area contributed by atoms with Gasteiger partial charge >= 0.3 is 6.18 Å². The topological polar surface area (TPSA) is 366 Å². The number of aromatic amines is 2. The van der Waals surface area contributed by atoms with Crippen LogP contribution in [0.2, 0.25) is 30.1 Å². The van der Waals surface area contributed by atoms with Gasteiger partial charge in [-0.05, 0) is 200 Å². The third-order valence-electron chi connectivity index (χ3n) is 23.6. The molecule has 27 nitrogen and oxygen atoms in total. The Hall–Kier alpha value is -9.58. The van der Waals surface area contributed by atoms with Gasteiger partial charge in [-0.1, -0.05) is 69.6 Å². The first kappa shape index (κ1) is 86.0. The van der Waals surface area contributed by atoms with Gasteiger partial charge in [0.05, 0.1) is 94.7 Å². The number of aliphatic hydroxyl groups is 5. The average molecular weight is 1790 g/mol. The SMILES string of the molecule is CC1CCC(n2c3ccc(Cl)cc3c3nc(C(F)(F)F)ncc32)[C@H](O)CN1.O=C1CC[C@@H](n2c3ccc(Cl)cc3c3cc(Cl)ccc32)[C@H](O)CN1.O=[N+]([O-])c1ccc2c(c1)c1cc(Cl)ccc1n2C1CCCNC[C@H]1O.O=c1[nH]cnc2c3cc(Cl)ccc3n([C@@H]3CCCNC[C@H]3O)c12.O[C@@H]1CNCCCC1Nc1ncnc2c1[nH]c1ccc(Cl)cc12. The maximum absolute atomic E-state index is 13.1. The number of carbonyl (C=O) groups is 1. The van der Waals surface area contributed by atoms with E-state index in [2.05, 4.69) is 75.9 Å². The van der Waals surface area contributed by atoms with Crippen LogP contribution in [0.25, 0.3) is 109 Å². The largest absolute Gasteiger partial charge is 0.451 e. The molecule has 0 spiro atoms. The molecule has 638 valence electrons. The highest BCUT2D eigenvalue weighted by Crippen LogP contribution is 2.43. The second kappa shape index (κ2) is 36.7. The summed E-state index contributed by atoms with van der Waals surface area (Å²) in [5, 5.41) is 92.5. The van der Waals surface area contributed by atoms with Gasteiger partial charge in [0.15, 0.2) is 5.82 Å². The Bertz CT molecular complexity index is 6440. The molecule has 20 rings (SSSR count). The molecule has 5 saturated heterocycles. The maximum Gasteiger partial charge on any atom is 0.451 e. The lowest BCUT2D eigenvalue weighted by Gasteiger charge is -2.24. The predicted octanol–water partition coefficient (Wildman–Crippen LogP) is 15.6. The normalized spacial score (nSPS) is 22.6. The molecule has 13 heterocycles. The number of hydrogen-bond donors (Lipinski definition) is 13. The van der Waals surface area contributed by atoms with Gasteiger partial charge in [-0.2, -0.15) is 13.2 Å². The van der Waals surface area contributed by atoms with Gasteiger partial charge in [-0.15, -0.1) is 0 Å². The zero-order valence-corrected chi connectivity index (χ0v) is 70.2. The van der Waals surface area contributed by atoms with Gasteiger partial charge in [0.2, 0.25) is 11.7 Å². The van der Waals surface area contributed by atoms with Crippen LogP contribution in [0.15, 0.2) is 151 Å². The molecule has 13 N–H and O–H groups in total. The second-order valence-electron chi connectivity index (χ2n) is 31.5. The molecular formula is C86H87Cl6F3N18O9. The van der Waals surface area contributed by atoms with Crippen LogP contribution in [0.4, 0.5) is 24.7 Å². The average Bonchev–Trinajstić information content (AvgIpc) is 1.61. The van der Waals surface area contributed by atoms with Gasteiger partial charge in [-0.3, -0.25) is 19.7 Å². The summed E-state index contributed by atoms with van der Waals surface area (Å²) in [5.41, 5.74) is 9.59. The van der Waals surface area contributed by atoms with Crippen molar-refractivity contribution in [1.29, 1.82) is 0 Å². The molecule has 5 aliphatic rings. The molecule has 11 atom stereocenters. The lowest BCUT2D eigenvalue weighted by atomic mass is 10.0. The number of aliphatic hydroxyl groups excluding tert-OH is 5. The van der Waals surface area contributed by atoms with Crippen molar-refractivity contribution in [2.75, 3.05) is 57.7 Å². The molecule has 5 aliphatic heterocycles. The van der Waals surface area contributed by atoms with E-state index in [1.165, 1.54) is 18.6 Å². The fraction of sp³-hybridized carbons (Fsp3) is 0.360. The number of nitro groups is 1. The zero-order valence-electron chi connectivity index (χ0n) is 65.7. The Morgan fingerprint density at radius 3 is 1.54 bits per heavy atom. The number of aromatic nitrogens is 11. The summed E-state index contributed by atoms with van der Waals surface area (Å²) < 4.78 is 47.3. The zero-order chi connectivity index (χ0) is 85.5. The predicted molar refractivity (Wildman–Crippen MR) is 474 cm³/mol. The number of nitrogens with zero attached hydrogens (tertiary/aromatic N) is 10. The fourth-order valence-electron chi connectivity index (χ4n) is 17.8. The minimum absolute atomic E-state index is 0.0246. The molecule has 0 bridgehead atoms. The van der Waals surface area contributed by atoms with Crippen LogP contribution in [0, 0.1) is 10.1 Å². The van der Waals surface area contributed by atoms with E-state index in [-0.39, 0.29) is 65.5 Å². The number of rotatable bonds is 7. The maximum atomic E-state index is 13.1.